The van der Waals surface area contributed by atoms with Gasteiger partial charge in [0.05, 0.1) is 17.5 Å². The number of amides is 2. The molecule has 2 amide bonds. The zero-order chi connectivity index (χ0) is 25.7. The molecule has 1 saturated carbocycles. The highest BCUT2D eigenvalue weighted by Gasteiger charge is 2.54. The van der Waals surface area contributed by atoms with Crippen LogP contribution in [0.4, 0.5) is 0 Å². The van der Waals surface area contributed by atoms with Crippen LogP contribution >= 0.6 is 22.7 Å². The van der Waals surface area contributed by atoms with Crippen LogP contribution in [0.15, 0.2) is 17.5 Å². The molecular formula is C25H28N8O2S2. The fourth-order valence-corrected chi connectivity index (χ4v) is 8.66. The maximum Gasteiger partial charge on any atom is 0.263 e. The summed E-state index contributed by atoms with van der Waals surface area (Å²) in [6.45, 7) is 0.716. The molecule has 1 aliphatic heterocycles. The lowest BCUT2D eigenvalue weighted by Crippen LogP contribution is -2.43. The molecule has 2 N–H and O–H groups in total. The number of nitrogens with one attached hydrogen (secondary N) is 2. The van der Waals surface area contributed by atoms with Crippen LogP contribution in [-0.2, 0) is 23.1 Å². The van der Waals surface area contributed by atoms with E-state index in [4.69, 9.17) is 0 Å². The fraction of sp³-hybridized carbons (Fsp3) is 0.520. The van der Waals surface area contributed by atoms with Crippen molar-refractivity contribution in [3.8, 4) is 6.07 Å². The Morgan fingerprint density at radius 3 is 2.89 bits per heavy atom. The van der Waals surface area contributed by atoms with Crippen molar-refractivity contribution in [2.75, 3.05) is 27.2 Å². The molecule has 3 aromatic rings. The lowest BCUT2D eigenvalue weighted by Gasteiger charge is -2.30. The smallest absolute Gasteiger partial charge is 0.263 e. The minimum atomic E-state index is -0.682. The molecular weight excluding hydrogens is 508 g/mol. The number of aromatic amines is 1. The summed E-state index contributed by atoms with van der Waals surface area (Å²) < 4.78 is 0. The van der Waals surface area contributed by atoms with Crippen LogP contribution in [-0.4, -0.2) is 81.5 Å². The number of thiophene rings is 2. The molecule has 2 fully saturated rings. The van der Waals surface area contributed by atoms with E-state index in [0.717, 1.165) is 41.0 Å². The number of hydrogen-bond donors (Lipinski definition) is 2. The van der Waals surface area contributed by atoms with Gasteiger partial charge in [0.15, 0.2) is 5.82 Å². The van der Waals surface area contributed by atoms with Gasteiger partial charge in [-0.3, -0.25) is 9.59 Å². The molecule has 37 heavy (non-hydrogen) atoms. The lowest BCUT2D eigenvalue weighted by molar-refractivity contribution is -0.131. The van der Waals surface area contributed by atoms with Crippen molar-refractivity contribution < 1.29 is 9.59 Å². The number of hydrogen-bond acceptors (Lipinski definition) is 9. The molecule has 0 bridgehead atoms. The molecule has 12 heteroatoms. The van der Waals surface area contributed by atoms with E-state index in [1.165, 1.54) is 16.9 Å². The zero-order valence-electron chi connectivity index (χ0n) is 20.7. The molecule has 0 radical (unpaired) electrons. The van der Waals surface area contributed by atoms with Gasteiger partial charge in [-0.2, -0.15) is 10.5 Å². The highest BCUT2D eigenvalue weighted by atomic mass is 32.1. The summed E-state index contributed by atoms with van der Waals surface area (Å²) in [6, 6.07) is 6.40. The van der Waals surface area contributed by atoms with E-state index in [9.17, 15) is 14.9 Å². The molecule has 0 aromatic carbocycles. The molecule has 4 atom stereocenters. The number of nitriles is 1. The Morgan fingerprint density at radius 1 is 1.30 bits per heavy atom. The normalized spacial score (nSPS) is 25.5. The molecule has 0 spiro atoms. The molecule has 1 unspecified atom stereocenters. The van der Waals surface area contributed by atoms with Crippen molar-refractivity contribution in [1.29, 1.82) is 5.26 Å². The van der Waals surface area contributed by atoms with Gasteiger partial charge >= 0.3 is 0 Å². The summed E-state index contributed by atoms with van der Waals surface area (Å²) in [7, 11) is 3.53. The summed E-state index contributed by atoms with van der Waals surface area (Å²) in [5, 5.41) is 30.4. The number of H-pyrrole nitrogens is 1. The minimum Gasteiger partial charge on any atom is -0.344 e. The number of fused-ring (bicyclic) bond motifs is 3. The topological polar surface area (TPSA) is 131 Å². The van der Waals surface area contributed by atoms with Crippen molar-refractivity contribution in [2.45, 2.75) is 49.6 Å². The van der Waals surface area contributed by atoms with Crippen LogP contribution in [0, 0.1) is 17.2 Å². The van der Waals surface area contributed by atoms with E-state index in [0.29, 0.717) is 29.6 Å². The third kappa shape index (κ3) is 3.96. The van der Waals surface area contributed by atoms with Gasteiger partial charge in [-0.05, 0) is 73.2 Å². The van der Waals surface area contributed by atoms with Gasteiger partial charge in [-0.15, -0.1) is 32.9 Å². The Hall–Kier alpha value is -3.14. The predicted octanol–water partition coefficient (Wildman–Crippen LogP) is 1.95. The van der Waals surface area contributed by atoms with E-state index in [1.807, 2.05) is 6.07 Å². The Bertz CT molecular complexity index is 1370. The summed E-state index contributed by atoms with van der Waals surface area (Å²) in [5.41, 5.74) is 1.70. The maximum atomic E-state index is 13.0. The van der Waals surface area contributed by atoms with Gasteiger partial charge in [0, 0.05) is 29.9 Å². The molecule has 2 aliphatic carbocycles. The predicted molar refractivity (Wildman–Crippen MR) is 138 cm³/mol. The third-order valence-corrected chi connectivity index (χ3v) is 10.3. The van der Waals surface area contributed by atoms with E-state index in [-0.39, 0.29) is 30.4 Å². The number of rotatable bonds is 7. The summed E-state index contributed by atoms with van der Waals surface area (Å²) in [4.78, 5) is 32.2. The molecule has 3 aliphatic rings. The van der Waals surface area contributed by atoms with Gasteiger partial charge < -0.3 is 15.1 Å². The number of carbonyl (C=O) groups is 2. The standard InChI is InChI=1S/C25H28N8O2S2/c1-32(2)23(35)19-11-15-4-3-14-5-8-36-21(14)25(22(15)37-19,24-28-30-31-29-24)6-7-27-13-20(34)33-17(12-26)9-16-10-18(16)33/h5,8,11,16-18,27H,3-4,6-7,9-10,13H2,1-2H3,(H,28,29,30,31)/t16-,17+,18+,25?/m1/s1. The Kier molecular flexibility index (Phi) is 6.09. The summed E-state index contributed by atoms with van der Waals surface area (Å²) in [5.74, 6) is 1.03. The first-order valence-electron chi connectivity index (χ1n) is 12.5. The average Bonchev–Trinajstić information content (AvgIpc) is 3.41. The number of aryl methyl sites for hydroxylation is 2. The Balaban J connectivity index is 1.31. The highest BCUT2D eigenvalue weighted by Crippen LogP contribution is 2.51. The first-order chi connectivity index (χ1) is 17.9. The second kappa shape index (κ2) is 9.31. The molecule has 1 saturated heterocycles. The average molecular weight is 537 g/mol. The van der Waals surface area contributed by atoms with Gasteiger partial charge in [0.25, 0.3) is 5.91 Å². The number of piperidine rings is 1. The Labute approximate surface area is 222 Å². The minimum absolute atomic E-state index is 0.0153. The van der Waals surface area contributed by atoms with Gasteiger partial charge in [-0.25, -0.2) is 0 Å². The second-order valence-electron chi connectivity index (χ2n) is 10.3. The molecule has 6 rings (SSSR count). The number of nitrogens with zero attached hydrogens (tertiary/aromatic N) is 6. The number of likely N-dealkylation sites (tertiary alicyclic amines) is 1. The first kappa shape index (κ1) is 24.2. The van der Waals surface area contributed by atoms with Crippen LogP contribution in [0.2, 0.25) is 0 Å². The van der Waals surface area contributed by atoms with Crippen molar-refractivity contribution in [1.82, 2.24) is 35.7 Å². The second-order valence-corrected chi connectivity index (χ2v) is 12.2. The van der Waals surface area contributed by atoms with Gasteiger partial charge in [0.2, 0.25) is 5.91 Å². The lowest BCUT2D eigenvalue weighted by atomic mass is 9.78. The van der Waals surface area contributed by atoms with Crippen molar-refractivity contribution >= 4 is 34.5 Å². The van der Waals surface area contributed by atoms with Crippen molar-refractivity contribution in [3.63, 3.8) is 0 Å². The molecule has 4 heterocycles. The maximum absolute atomic E-state index is 13.0. The highest BCUT2D eigenvalue weighted by molar-refractivity contribution is 7.15. The molecule has 10 nitrogen and oxygen atoms in total. The van der Waals surface area contributed by atoms with Crippen molar-refractivity contribution in [2.24, 2.45) is 5.92 Å². The largest absolute Gasteiger partial charge is 0.344 e. The third-order valence-electron chi connectivity index (χ3n) is 7.83. The monoisotopic (exact) mass is 536 g/mol. The quantitative estimate of drug-likeness (QED) is 0.441. The fourth-order valence-electron chi connectivity index (χ4n) is 5.96. The van der Waals surface area contributed by atoms with E-state index < -0.39 is 5.41 Å². The van der Waals surface area contributed by atoms with Crippen LogP contribution in [0.5, 0.6) is 0 Å². The van der Waals surface area contributed by atoms with E-state index in [2.05, 4.69) is 43.5 Å². The first-order valence-corrected chi connectivity index (χ1v) is 14.2. The zero-order valence-corrected chi connectivity index (χ0v) is 22.4. The Morgan fingerprint density at radius 2 is 2.14 bits per heavy atom. The van der Waals surface area contributed by atoms with Crippen molar-refractivity contribution in [3.05, 3.63) is 49.1 Å². The summed E-state index contributed by atoms with van der Waals surface area (Å²) in [6.07, 6.45) is 4.11. The van der Waals surface area contributed by atoms with E-state index >= 15 is 0 Å². The van der Waals surface area contributed by atoms with Gasteiger partial charge in [0.1, 0.15) is 11.5 Å². The number of carbonyl (C=O) groups excluding carboxylic acids is 2. The van der Waals surface area contributed by atoms with E-state index in [1.54, 1.807) is 35.2 Å². The van der Waals surface area contributed by atoms with Crippen LogP contribution in [0.3, 0.4) is 0 Å². The van der Waals surface area contributed by atoms with Crippen LogP contribution < -0.4 is 5.32 Å². The SMILES string of the molecule is CN(C)C(=O)c1cc2c(s1)C(CCNCC(=O)N1[C@H](C#N)C[C@@H]3C[C@@H]31)(c1nn[nH]n1)c1sccc1CC2. The van der Waals surface area contributed by atoms with Crippen LogP contribution in [0.25, 0.3) is 0 Å². The summed E-state index contributed by atoms with van der Waals surface area (Å²) >= 11 is 3.18. The van der Waals surface area contributed by atoms with Crippen LogP contribution in [0.1, 0.15) is 55.6 Å². The molecule has 192 valence electrons. The number of tetrazole rings is 1. The molecule has 3 aromatic heterocycles. The van der Waals surface area contributed by atoms with Gasteiger partial charge in [-0.1, -0.05) is 5.21 Å². The number of aromatic nitrogens is 4.